The third-order valence-corrected chi connectivity index (χ3v) is 1.10. The Hall–Kier alpha value is 0. The largest absolute Gasteiger partial charge is 0.0651 e. The summed E-state index contributed by atoms with van der Waals surface area (Å²) in [5.41, 5.74) is 0. The number of hydrogen-bond donors (Lipinski definition) is 0. The predicted octanol–water partition coefficient (Wildman–Crippen LogP) is 2.26. The summed E-state index contributed by atoms with van der Waals surface area (Å²) in [5.74, 6) is 0.706. The van der Waals surface area contributed by atoms with Gasteiger partial charge in [-0.25, -0.2) is 0 Å². The first-order valence-corrected chi connectivity index (χ1v) is 2.51. The van der Waals surface area contributed by atoms with Gasteiger partial charge in [-0.3, -0.25) is 0 Å². The third-order valence-electron chi connectivity index (χ3n) is 1.10. The first-order chi connectivity index (χ1) is 3.31. The smallest absolute Gasteiger partial charge is 0.0267 e. The van der Waals surface area contributed by atoms with Crippen molar-refractivity contribution in [2.24, 2.45) is 5.92 Å². The van der Waals surface area contributed by atoms with Crippen LogP contribution in [0.2, 0.25) is 0 Å². The lowest BCUT2D eigenvalue weighted by Crippen LogP contribution is -1.85. The molecule has 0 spiro atoms. The van der Waals surface area contributed by atoms with Crippen molar-refractivity contribution < 1.29 is 1.37 Å². The lowest BCUT2D eigenvalue weighted by Gasteiger charge is -1.98. The zero-order chi connectivity index (χ0) is 5.70. The van der Waals surface area contributed by atoms with Gasteiger partial charge in [-0.05, 0) is 5.92 Å². The highest BCUT2D eigenvalue weighted by atomic mass is 13.9. The first kappa shape index (κ1) is 4.17. The molecule has 1 atom stereocenters. The second-order valence-electron chi connectivity index (χ2n) is 1.75. The van der Waals surface area contributed by atoms with E-state index in [1.54, 1.807) is 0 Å². The van der Waals surface area contributed by atoms with Crippen molar-refractivity contribution in [3.05, 3.63) is 6.90 Å². The molecule has 0 aliphatic carbocycles. The Morgan fingerprint density at radius 2 is 2.67 bits per heavy atom. The zero-order valence-corrected chi connectivity index (χ0v) is 4.57. The summed E-state index contributed by atoms with van der Waals surface area (Å²) >= 11 is 0. The van der Waals surface area contributed by atoms with Crippen LogP contribution < -0.4 is 0 Å². The fourth-order valence-electron chi connectivity index (χ4n) is 0.167. The maximum absolute atomic E-state index is 6.71. The molecule has 0 aromatic heterocycles. The minimum atomic E-state index is 0.706. The molecule has 1 radical (unpaired) electrons. The van der Waals surface area contributed by atoms with Crippen LogP contribution in [0.3, 0.4) is 0 Å². The number of hydrogen-bond acceptors (Lipinski definition) is 0. The second kappa shape index (κ2) is 3.20. The zero-order valence-electron chi connectivity index (χ0n) is 5.57. The summed E-state index contributed by atoms with van der Waals surface area (Å²) in [6.45, 7) is 5.79. The van der Waals surface area contributed by atoms with Crippen molar-refractivity contribution in [1.29, 1.82) is 0 Å². The molecule has 0 fully saturated rings. The topological polar surface area (TPSA) is 0 Å². The van der Waals surface area contributed by atoms with E-state index in [4.69, 9.17) is 1.37 Å². The molecule has 0 saturated carbocycles. The van der Waals surface area contributed by atoms with Gasteiger partial charge < -0.3 is 0 Å². The first-order valence-electron chi connectivity index (χ1n) is 3.09. The van der Waals surface area contributed by atoms with Gasteiger partial charge in [0.05, 0.1) is 0 Å². The van der Waals surface area contributed by atoms with Gasteiger partial charge >= 0.3 is 0 Å². The van der Waals surface area contributed by atoms with Crippen molar-refractivity contribution in [3.8, 4) is 0 Å². The highest BCUT2D eigenvalue weighted by Crippen LogP contribution is 2.02. The average molecular weight is 87.2 g/mol. The van der Waals surface area contributed by atoms with Gasteiger partial charge in [0.15, 0.2) is 0 Å². The van der Waals surface area contributed by atoms with E-state index < -0.39 is 0 Å². The molecule has 37 valence electrons. The minimum Gasteiger partial charge on any atom is -0.0651 e. The quantitative estimate of drug-likeness (QED) is 0.495. The van der Waals surface area contributed by atoms with Crippen molar-refractivity contribution >= 4 is 0 Å². The summed E-state index contributed by atoms with van der Waals surface area (Å²) in [5, 5.41) is 0. The van der Waals surface area contributed by atoms with Crippen LogP contribution in [-0.2, 0) is 0 Å². The Labute approximate surface area is 42.0 Å². The summed E-state index contributed by atoms with van der Waals surface area (Å²) in [6.07, 6.45) is 2.13. The Morgan fingerprint density at radius 3 is 2.83 bits per heavy atom. The minimum absolute atomic E-state index is 0.706. The third kappa shape index (κ3) is 2.25. The summed E-state index contributed by atoms with van der Waals surface area (Å²) in [6, 6.07) is 0. The normalized spacial score (nSPS) is 16.7. The van der Waals surface area contributed by atoms with E-state index in [1.165, 1.54) is 13.3 Å². The van der Waals surface area contributed by atoms with Crippen molar-refractivity contribution in [2.75, 3.05) is 0 Å². The molecule has 0 bridgehead atoms. The molecule has 1 unspecified atom stereocenters. The highest BCUT2D eigenvalue weighted by molar-refractivity contribution is 4.48. The van der Waals surface area contributed by atoms with E-state index in [-0.39, 0.29) is 0 Å². The fraction of sp³-hybridized carbons (Fsp3) is 0.833. The van der Waals surface area contributed by atoms with Gasteiger partial charge in [0.1, 0.15) is 0 Å². The lowest BCUT2D eigenvalue weighted by atomic mass is 10.1. The molecule has 0 aliphatic heterocycles. The van der Waals surface area contributed by atoms with Crippen LogP contribution in [0.1, 0.15) is 28.1 Å². The molecule has 6 heavy (non-hydrogen) atoms. The van der Waals surface area contributed by atoms with Gasteiger partial charge in [-0.15, -0.1) is 0 Å². The van der Waals surface area contributed by atoms with Crippen LogP contribution in [-0.4, -0.2) is 0 Å². The van der Waals surface area contributed by atoms with Crippen LogP contribution in [0.15, 0.2) is 0 Å². The van der Waals surface area contributed by atoms with Crippen LogP contribution in [0, 0.1) is 12.8 Å². The van der Waals surface area contributed by atoms with Crippen molar-refractivity contribution in [1.82, 2.24) is 0 Å². The Kier molecular flexibility index (Phi) is 2.22. The van der Waals surface area contributed by atoms with E-state index in [9.17, 15) is 0 Å². The fourth-order valence-corrected chi connectivity index (χ4v) is 0.167. The summed E-state index contributed by atoms with van der Waals surface area (Å²) in [7, 11) is 0. The van der Waals surface area contributed by atoms with Crippen LogP contribution >= 0.6 is 0 Å². The second-order valence-corrected chi connectivity index (χ2v) is 1.75. The molecule has 0 aromatic carbocycles. The Morgan fingerprint density at radius 1 is 2.00 bits per heavy atom. The van der Waals surface area contributed by atoms with E-state index in [2.05, 4.69) is 13.8 Å². The molecule has 0 heterocycles. The average Bonchev–Trinajstić information content (AvgIpc) is 1.68. The van der Waals surface area contributed by atoms with E-state index in [1.807, 2.05) is 0 Å². The van der Waals surface area contributed by atoms with Gasteiger partial charge in [0.25, 0.3) is 0 Å². The molecule has 0 saturated heterocycles. The summed E-state index contributed by atoms with van der Waals surface area (Å²) in [4.78, 5) is 0. The van der Waals surface area contributed by atoms with Crippen molar-refractivity contribution in [2.45, 2.75) is 26.7 Å². The predicted molar refractivity (Wildman–Crippen MR) is 29.4 cm³/mol. The monoisotopic (exact) mass is 87.1 g/mol. The van der Waals surface area contributed by atoms with Gasteiger partial charge in [0.2, 0.25) is 0 Å². The Bertz CT molecular complexity index is 35.2. The van der Waals surface area contributed by atoms with Crippen molar-refractivity contribution in [3.63, 3.8) is 0 Å². The van der Waals surface area contributed by atoms with Crippen LogP contribution in [0.25, 0.3) is 0 Å². The molecular weight excluding hydrogens is 72.1 g/mol. The Balaban J connectivity index is 2.83. The van der Waals surface area contributed by atoms with Crippen LogP contribution in [0.5, 0.6) is 0 Å². The molecule has 0 aromatic rings. The standard InChI is InChI=1S/C6H13/c1-4-6(3)5-2/h6H,1,4-5H2,2-3H3/i1T. The lowest BCUT2D eigenvalue weighted by molar-refractivity contribution is 0.570. The molecule has 0 heteroatoms. The number of rotatable bonds is 3. The summed E-state index contributed by atoms with van der Waals surface area (Å²) < 4.78 is 6.71. The molecule has 0 N–H and O–H groups in total. The van der Waals surface area contributed by atoms with Crippen LogP contribution in [0.4, 0.5) is 0 Å². The van der Waals surface area contributed by atoms with E-state index in [0.717, 1.165) is 6.42 Å². The maximum atomic E-state index is 6.71. The van der Waals surface area contributed by atoms with E-state index >= 15 is 0 Å². The van der Waals surface area contributed by atoms with Gasteiger partial charge in [-0.2, -0.15) is 0 Å². The highest BCUT2D eigenvalue weighted by Gasteiger charge is 1.88. The molecule has 0 amide bonds. The maximum Gasteiger partial charge on any atom is 0.0267 e. The van der Waals surface area contributed by atoms with Gasteiger partial charge in [-0.1, -0.05) is 33.6 Å². The van der Waals surface area contributed by atoms with E-state index in [0.29, 0.717) is 5.92 Å². The molecule has 0 nitrogen and oxygen atoms in total. The molecular formula is C6H13. The van der Waals surface area contributed by atoms with Gasteiger partial charge in [0, 0.05) is 1.37 Å². The SMILES string of the molecule is [3H][CH]CC(C)CC. The molecule has 0 rings (SSSR count). The molecule has 0 aliphatic rings.